The molecule has 14 heavy (non-hydrogen) atoms. The van der Waals surface area contributed by atoms with Crippen molar-refractivity contribution in [1.29, 1.82) is 0 Å². The zero-order valence-corrected chi connectivity index (χ0v) is 10.1. The Morgan fingerprint density at radius 2 is 1.79 bits per heavy atom. The van der Waals surface area contributed by atoms with E-state index in [1.54, 1.807) is 7.11 Å². The zero-order chi connectivity index (χ0) is 10.4. The number of halogens is 1. The number of rotatable bonds is 5. The van der Waals surface area contributed by atoms with Crippen LogP contribution in [-0.4, -0.2) is 19.0 Å². The molecule has 0 bridgehead atoms. The summed E-state index contributed by atoms with van der Waals surface area (Å²) in [7, 11) is 1.66. The number of hydrogen-bond acceptors (Lipinski definition) is 2. The van der Waals surface area contributed by atoms with Gasteiger partial charge >= 0.3 is 0 Å². The van der Waals surface area contributed by atoms with E-state index in [0.717, 1.165) is 23.4 Å². The van der Waals surface area contributed by atoms with Gasteiger partial charge in [0.15, 0.2) is 0 Å². The molecule has 1 aromatic carbocycles. The summed E-state index contributed by atoms with van der Waals surface area (Å²) in [6, 6.07) is 7.63. The highest BCUT2D eigenvalue weighted by molar-refractivity contribution is 9.09. The van der Waals surface area contributed by atoms with E-state index in [1.165, 1.54) is 0 Å². The van der Waals surface area contributed by atoms with Crippen LogP contribution in [0.2, 0.25) is 0 Å². The molecule has 0 aliphatic rings. The Hall–Kier alpha value is -0.700. The molecule has 0 aromatic heterocycles. The van der Waals surface area contributed by atoms with Crippen LogP contribution in [-0.2, 0) is 0 Å². The summed E-state index contributed by atoms with van der Waals surface area (Å²) >= 11 is 3.41. The minimum atomic E-state index is 0.525. The van der Waals surface area contributed by atoms with Gasteiger partial charge in [0, 0.05) is 5.33 Å². The van der Waals surface area contributed by atoms with Crippen LogP contribution in [0.3, 0.4) is 0 Å². The van der Waals surface area contributed by atoms with Crippen LogP contribution >= 0.6 is 15.9 Å². The zero-order valence-electron chi connectivity index (χ0n) is 8.50. The summed E-state index contributed by atoms with van der Waals surface area (Å²) in [6.07, 6.45) is 0. The van der Waals surface area contributed by atoms with E-state index in [4.69, 9.17) is 9.47 Å². The quantitative estimate of drug-likeness (QED) is 0.756. The van der Waals surface area contributed by atoms with Crippen molar-refractivity contribution < 1.29 is 9.47 Å². The first-order chi connectivity index (χ1) is 6.76. The number of methoxy groups -OCH3 is 1. The molecule has 1 unspecified atom stereocenters. The fourth-order valence-electron chi connectivity index (χ4n) is 0.955. The summed E-state index contributed by atoms with van der Waals surface area (Å²) in [4.78, 5) is 0. The summed E-state index contributed by atoms with van der Waals surface area (Å²) in [5.41, 5.74) is 0. The second-order valence-electron chi connectivity index (χ2n) is 3.25. The first kappa shape index (κ1) is 11.4. The van der Waals surface area contributed by atoms with Gasteiger partial charge in [0.25, 0.3) is 0 Å². The van der Waals surface area contributed by atoms with Gasteiger partial charge < -0.3 is 9.47 Å². The molecule has 0 fully saturated rings. The summed E-state index contributed by atoms with van der Waals surface area (Å²) in [5.74, 6) is 2.27. The smallest absolute Gasteiger partial charge is 0.119 e. The molecule has 0 spiro atoms. The Balaban J connectivity index is 2.43. The topological polar surface area (TPSA) is 18.5 Å². The number of benzene rings is 1. The highest BCUT2D eigenvalue weighted by Gasteiger charge is 2.00. The maximum absolute atomic E-state index is 5.57. The molecule has 0 N–H and O–H groups in total. The fourth-order valence-corrected chi connectivity index (χ4v) is 1.14. The lowest BCUT2D eigenvalue weighted by Crippen LogP contribution is -2.09. The van der Waals surface area contributed by atoms with Crippen LogP contribution in [0.1, 0.15) is 6.92 Å². The maximum atomic E-state index is 5.57. The second kappa shape index (κ2) is 5.91. The lowest BCUT2D eigenvalue weighted by Gasteiger charge is -2.10. The lowest BCUT2D eigenvalue weighted by molar-refractivity contribution is 0.273. The highest BCUT2D eigenvalue weighted by Crippen LogP contribution is 2.17. The first-order valence-corrected chi connectivity index (χ1v) is 5.71. The van der Waals surface area contributed by atoms with E-state index in [-0.39, 0.29) is 0 Å². The molecule has 0 aliphatic carbocycles. The third-order valence-electron chi connectivity index (χ3n) is 1.86. The van der Waals surface area contributed by atoms with Gasteiger partial charge in [-0.3, -0.25) is 0 Å². The van der Waals surface area contributed by atoms with Crippen LogP contribution in [0.4, 0.5) is 0 Å². The van der Waals surface area contributed by atoms with E-state index >= 15 is 0 Å². The minimum Gasteiger partial charge on any atom is -0.497 e. The predicted octanol–water partition coefficient (Wildman–Crippen LogP) is 3.11. The van der Waals surface area contributed by atoms with E-state index in [1.807, 2.05) is 24.3 Å². The van der Waals surface area contributed by atoms with Crippen molar-refractivity contribution in [3.8, 4) is 11.5 Å². The summed E-state index contributed by atoms with van der Waals surface area (Å²) in [5, 5.41) is 0.961. The average Bonchev–Trinajstić information content (AvgIpc) is 2.26. The molecule has 0 radical (unpaired) electrons. The first-order valence-electron chi connectivity index (χ1n) is 4.59. The Morgan fingerprint density at radius 1 is 1.21 bits per heavy atom. The molecule has 1 atom stereocenters. The van der Waals surface area contributed by atoms with Gasteiger partial charge in [-0.1, -0.05) is 22.9 Å². The molecule has 1 aromatic rings. The van der Waals surface area contributed by atoms with Crippen molar-refractivity contribution in [2.75, 3.05) is 19.0 Å². The van der Waals surface area contributed by atoms with Crippen molar-refractivity contribution >= 4 is 15.9 Å². The molecule has 3 heteroatoms. The van der Waals surface area contributed by atoms with Crippen LogP contribution < -0.4 is 9.47 Å². The van der Waals surface area contributed by atoms with Gasteiger partial charge in [-0.25, -0.2) is 0 Å². The van der Waals surface area contributed by atoms with E-state index in [2.05, 4.69) is 22.9 Å². The average molecular weight is 259 g/mol. The van der Waals surface area contributed by atoms with Gasteiger partial charge in [-0.2, -0.15) is 0 Å². The summed E-state index contributed by atoms with van der Waals surface area (Å²) in [6.45, 7) is 2.87. The minimum absolute atomic E-state index is 0.525. The van der Waals surface area contributed by atoms with Crippen LogP contribution in [0.25, 0.3) is 0 Å². The van der Waals surface area contributed by atoms with Gasteiger partial charge in [0.05, 0.1) is 13.7 Å². The normalized spacial score (nSPS) is 12.2. The largest absolute Gasteiger partial charge is 0.497 e. The molecule has 0 heterocycles. The Kier molecular flexibility index (Phi) is 4.80. The maximum Gasteiger partial charge on any atom is 0.119 e. The second-order valence-corrected chi connectivity index (χ2v) is 3.89. The fraction of sp³-hybridized carbons (Fsp3) is 0.455. The summed E-state index contributed by atoms with van der Waals surface area (Å²) < 4.78 is 10.6. The molecule has 0 amide bonds. The predicted molar refractivity (Wildman–Crippen MR) is 61.4 cm³/mol. The molecular weight excluding hydrogens is 244 g/mol. The third kappa shape index (κ3) is 3.58. The van der Waals surface area contributed by atoms with E-state index in [0.29, 0.717) is 5.92 Å². The molecule has 0 aliphatic heterocycles. The van der Waals surface area contributed by atoms with Crippen LogP contribution in [0.5, 0.6) is 11.5 Å². The van der Waals surface area contributed by atoms with Crippen LogP contribution in [0, 0.1) is 5.92 Å². The van der Waals surface area contributed by atoms with Crippen molar-refractivity contribution in [3.05, 3.63) is 24.3 Å². The van der Waals surface area contributed by atoms with Gasteiger partial charge in [0.1, 0.15) is 11.5 Å². The van der Waals surface area contributed by atoms with Crippen LogP contribution in [0.15, 0.2) is 24.3 Å². The standard InChI is InChI=1S/C11H15BrO2/c1-9(7-12)8-14-11-5-3-10(13-2)4-6-11/h3-6,9H,7-8H2,1-2H3. The van der Waals surface area contributed by atoms with Crippen molar-refractivity contribution in [2.45, 2.75) is 6.92 Å². The van der Waals surface area contributed by atoms with Gasteiger partial charge in [0.2, 0.25) is 0 Å². The van der Waals surface area contributed by atoms with Gasteiger partial charge in [-0.15, -0.1) is 0 Å². The molecule has 2 nitrogen and oxygen atoms in total. The van der Waals surface area contributed by atoms with Gasteiger partial charge in [-0.05, 0) is 30.2 Å². The van der Waals surface area contributed by atoms with Crippen molar-refractivity contribution in [1.82, 2.24) is 0 Å². The lowest BCUT2D eigenvalue weighted by atomic mass is 10.2. The molecule has 0 saturated carbocycles. The Morgan fingerprint density at radius 3 is 2.29 bits per heavy atom. The Labute approximate surface area is 93.4 Å². The molecule has 1 rings (SSSR count). The number of hydrogen-bond donors (Lipinski definition) is 0. The third-order valence-corrected chi connectivity index (χ3v) is 2.96. The monoisotopic (exact) mass is 258 g/mol. The SMILES string of the molecule is COc1ccc(OCC(C)CBr)cc1. The Bertz CT molecular complexity index is 258. The van der Waals surface area contributed by atoms with E-state index in [9.17, 15) is 0 Å². The van der Waals surface area contributed by atoms with Crippen molar-refractivity contribution in [3.63, 3.8) is 0 Å². The number of ether oxygens (including phenoxy) is 2. The molecular formula is C11H15BrO2. The van der Waals surface area contributed by atoms with E-state index < -0.39 is 0 Å². The number of alkyl halides is 1. The molecule has 78 valence electrons. The molecule has 0 saturated heterocycles. The van der Waals surface area contributed by atoms with Crippen molar-refractivity contribution in [2.24, 2.45) is 5.92 Å². The highest BCUT2D eigenvalue weighted by atomic mass is 79.9.